The monoisotopic (exact) mass is 285 g/mol. The Morgan fingerprint density at radius 1 is 1.48 bits per heavy atom. The molecule has 0 aliphatic heterocycles. The third kappa shape index (κ3) is 3.83. The average molecular weight is 285 g/mol. The first-order chi connectivity index (χ1) is 10.1. The average Bonchev–Trinajstić information content (AvgIpc) is 2.98. The third-order valence-electron chi connectivity index (χ3n) is 3.14. The van der Waals surface area contributed by atoms with Crippen LogP contribution in [0.3, 0.4) is 0 Å². The van der Waals surface area contributed by atoms with E-state index in [1.165, 1.54) is 12.1 Å². The highest BCUT2D eigenvalue weighted by molar-refractivity contribution is 5.61. The largest absolute Gasteiger partial charge is 0.469 e. The van der Waals surface area contributed by atoms with Crippen LogP contribution in [0, 0.1) is 21.4 Å². The molecule has 0 fully saturated rings. The van der Waals surface area contributed by atoms with E-state index in [1.807, 2.05) is 25.1 Å². The van der Waals surface area contributed by atoms with Gasteiger partial charge in [-0.1, -0.05) is 0 Å². The first-order valence-electron chi connectivity index (χ1n) is 6.57. The highest BCUT2D eigenvalue weighted by Gasteiger charge is 2.12. The van der Waals surface area contributed by atoms with Crippen LogP contribution in [0.1, 0.15) is 24.7 Å². The van der Waals surface area contributed by atoms with Gasteiger partial charge in [0.15, 0.2) is 0 Å². The summed E-state index contributed by atoms with van der Waals surface area (Å²) in [5.41, 5.74) is 0.796. The molecule has 1 heterocycles. The summed E-state index contributed by atoms with van der Waals surface area (Å²) in [5, 5.41) is 23.0. The minimum atomic E-state index is -0.509. The zero-order valence-corrected chi connectivity index (χ0v) is 11.6. The Bertz CT molecular complexity index is 659. The lowest BCUT2D eigenvalue weighted by atomic mass is 10.1. The maximum Gasteiger partial charge on any atom is 0.270 e. The Balaban J connectivity index is 2.01. The fourth-order valence-corrected chi connectivity index (χ4v) is 2.02. The summed E-state index contributed by atoms with van der Waals surface area (Å²) in [5.74, 6) is 0.910. The van der Waals surface area contributed by atoms with Crippen molar-refractivity contribution in [2.45, 2.75) is 25.8 Å². The van der Waals surface area contributed by atoms with E-state index in [4.69, 9.17) is 9.68 Å². The minimum Gasteiger partial charge on any atom is -0.469 e. The van der Waals surface area contributed by atoms with Gasteiger partial charge in [-0.25, -0.2) is 0 Å². The number of nitrogens with one attached hydrogen (secondary N) is 1. The number of furan rings is 1. The van der Waals surface area contributed by atoms with E-state index in [0.29, 0.717) is 5.69 Å². The summed E-state index contributed by atoms with van der Waals surface area (Å²) in [4.78, 5) is 10.2. The minimum absolute atomic E-state index is 0.0830. The van der Waals surface area contributed by atoms with Crippen LogP contribution >= 0.6 is 0 Å². The molecule has 21 heavy (non-hydrogen) atoms. The Kier molecular flexibility index (Phi) is 4.57. The zero-order chi connectivity index (χ0) is 15.2. The van der Waals surface area contributed by atoms with Crippen molar-refractivity contribution in [2.24, 2.45) is 0 Å². The normalized spacial score (nSPS) is 11.6. The Hall–Kier alpha value is -2.81. The number of benzene rings is 1. The predicted molar refractivity (Wildman–Crippen MR) is 77.9 cm³/mol. The number of nitriles is 1. The van der Waals surface area contributed by atoms with Crippen LogP contribution in [-0.4, -0.2) is 11.0 Å². The van der Waals surface area contributed by atoms with Gasteiger partial charge < -0.3 is 9.73 Å². The summed E-state index contributed by atoms with van der Waals surface area (Å²) in [7, 11) is 0. The highest BCUT2D eigenvalue weighted by Crippen LogP contribution is 2.22. The molecule has 1 aromatic heterocycles. The first-order valence-corrected chi connectivity index (χ1v) is 6.57. The van der Waals surface area contributed by atoms with Crippen molar-refractivity contribution < 1.29 is 9.34 Å². The number of hydrogen-bond acceptors (Lipinski definition) is 5. The lowest BCUT2D eigenvalue weighted by Crippen LogP contribution is -2.16. The molecule has 0 saturated carbocycles. The van der Waals surface area contributed by atoms with E-state index < -0.39 is 4.92 Å². The predicted octanol–water partition coefficient (Wildman–Crippen LogP) is 3.49. The Labute approximate surface area is 122 Å². The van der Waals surface area contributed by atoms with E-state index in [9.17, 15) is 10.1 Å². The molecule has 0 aliphatic carbocycles. The van der Waals surface area contributed by atoms with Crippen LogP contribution in [0.25, 0.3) is 0 Å². The van der Waals surface area contributed by atoms with Crippen LogP contribution in [-0.2, 0) is 6.42 Å². The van der Waals surface area contributed by atoms with Crippen molar-refractivity contribution in [3.05, 3.63) is 58.0 Å². The molecule has 0 saturated heterocycles. The lowest BCUT2D eigenvalue weighted by Gasteiger charge is -2.15. The Morgan fingerprint density at radius 2 is 2.29 bits per heavy atom. The van der Waals surface area contributed by atoms with Gasteiger partial charge in [-0.3, -0.25) is 10.1 Å². The first kappa shape index (κ1) is 14.6. The second-order valence-electron chi connectivity index (χ2n) is 4.76. The van der Waals surface area contributed by atoms with Crippen molar-refractivity contribution in [3.8, 4) is 6.07 Å². The number of nitrogens with zero attached hydrogens (tertiary/aromatic N) is 2. The number of aryl methyl sites for hydroxylation is 1. The van der Waals surface area contributed by atoms with E-state index in [1.54, 1.807) is 12.3 Å². The number of hydrogen-bond donors (Lipinski definition) is 1. The van der Waals surface area contributed by atoms with Gasteiger partial charge in [0.25, 0.3) is 5.69 Å². The van der Waals surface area contributed by atoms with Gasteiger partial charge in [0.1, 0.15) is 11.8 Å². The molecule has 2 rings (SSSR count). The summed E-state index contributed by atoms with van der Waals surface area (Å²) in [6.45, 7) is 1.99. The number of nitro benzene ring substituents is 1. The molecular formula is C15H15N3O3. The van der Waals surface area contributed by atoms with E-state index in [2.05, 4.69) is 5.32 Å². The number of non-ortho nitro benzene ring substituents is 1. The van der Waals surface area contributed by atoms with Crippen LogP contribution in [0.5, 0.6) is 0 Å². The van der Waals surface area contributed by atoms with Crippen LogP contribution in [0.4, 0.5) is 11.4 Å². The van der Waals surface area contributed by atoms with Crippen molar-refractivity contribution in [3.63, 3.8) is 0 Å². The van der Waals surface area contributed by atoms with Crippen molar-refractivity contribution in [1.29, 1.82) is 5.26 Å². The molecule has 0 radical (unpaired) electrons. The standard InChI is InChI=1S/C15H15N3O3/c1-11(4-6-14-3-2-8-21-14)17-15-7-5-13(18(19)20)9-12(15)10-16/h2-3,5,7-9,11,17H,4,6H2,1H3/t11-/m1/s1. The van der Waals surface area contributed by atoms with Gasteiger partial charge in [0.2, 0.25) is 0 Å². The van der Waals surface area contributed by atoms with Gasteiger partial charge in [-0.05, 0) is 31.5 Å². The van der Waals surface area contributed by atoms with Crippen molar-refractivity contribution in [2.75, 3.05) is 5.32 Å². The smallest absolute Gasteiger partial charge is 0.270 e. The van der Waals surface area contributed by atoms with E-state index in [0.717, 1.165) is 18.6 Å². The molecule has 2 aromatic rings. The molecule has 0 bridgehead atoms. The molecule has 108 valence electrons. The van der Waals surface area contributed by atoms with Gasteiger partial charge in [-0.15, -0.1) is 0 Å². The van der Waals surface area contributed by atoms with Crippen LogP contribution in [0.15, 0.2) is 41.0 Å². The second-order valence-corrected chi connectivity index (χ2v) is 4.76. The van der Waals surface area contributed by atoms with Crippen molar-refractivity contribution >= 4 is 11.4 Å². The highest BCUT2D eigenvalue weighted by atomic mass is 16.6. The number of rotatable bonds is 6. The Morgan fingerprint density at radius 3 is 2.90 bits per heavy atom. The van der Waals surface area contributed by atoms with E-state index >= 15 is 0 Å². The molecule has 6 nitrogen and oxygen atoms in total. The third-order valence-corrected chi connectivity index (χ3v) is 3.14. The maximum absolute atomic E-state index is 10.7. The summed E-state index contributed by atoms with van der Waals surface area (Å²) in [6, 6.07) is 10.1. The molecular weight excluding hydrogens is 270 g/mol. The van der Waals surface area contributed by atoms with Gasteiger partial charge in [0.05, 0.1) is 22.4 Å². The van der Waals surface area contributed by atoms with Gasteiger partial charge in [-0.2, -0.15) is 5.26 Å². The molecule has 0 unspecified atom stereocenters. The van der Waals surface area contributed by atoms with Gasteiger partial charge >= 0.3 is 0 Å². The maximum atomic E-state index is 10.7. The molecule has 1 aromatic carbocycles. The molecule has 6 heteroatoms. The summed E-state index contributed by atoms with van der Waals surface area (Å²) in [6.07, 6.45) is 3.25. The topological polar surface area (TPSA) is 92.1 Å². The summed E-state index contributed by atoms with van der Waals surface area (Å²) >= 11 is 0. The number of anilines is 1. The molecule has 0 spiro atoms. The zero-order valence-electron chi connectivity index (χ0n) is 11.6. The molecule has 1 atom stereocenters. The molecule has 0 amide bonds. The molecule has 1 N–H and O–H groups in total. The number of nitro groups is 1. The lowest BCUT2D eigenvalue weighted by molar-refractivity contribution is -0.384. The van der Waals surface area contributed by atoms with E-state index in [-0.39, 0.29) is 17.3 Å². The fraction of sp³-hybridized carbons (Fsp3) is 0.267. The second kappa shape index (κ2) is 6.57. The van der Waals surface area contributed by atoms with Crippen LogP contribution < -0.4 is 5.32 Å². The fourth-order valence-electron chi connectivity index (χ4n) is 2.02. The van der Waals surface area contributed by atoms with Crippen molar-refractivity contribution in [1.82, 2.24) is 0 Å². The summed E-state index contributed by atoms with van der Waals surface area (Å²) < 4.78 is 5.27. The molecule has 0 aliphatic rings. The van der Waals surface area contributed by atoms with Crippen LogP contribution in [0.2, 0.25) is 0 Å². The van der Waals surface area contributed by atoms with Gasteiger partial charge in [0, 0.05) is 24.6 Å². The SMILES string of the molecule is C[C@H](CCc1ccco1)Nc1ccc([N+](=O)[O-])cc1C#N. The quantitative estimate of drug-likeness (QED) is 0.647.